The topological polar surface area (TPSA) is 75.6 Å². The van der Waals surface area contributed by atoms with Crippen molar-refractivity contribution in [2.24, 2.45) is 0 Å². The second-order valence-corrected chi connectivity index (χ2v) is 8.83. The Morgan fingerprint density at radius 2 is 1.74 bits per heavy atom. The second-order valence-electron chi connectivity index (χ2n) is 6.03. The molecule has 2 N–H and O–H groups in total. The molecule has 1 fully saturated rings. The molecule has 1 aliphatic rings. The predicted octanol–water partition coefficient (Wildman–Crippen LogP) is 3.70. The number of amides is 1. The van der Waals surface area contributed by atoms with Gasteiger partial charge in [-0.3, -0.25) is 4.79 Å². The van der Waals surface area contributed by atoms with Gasteiger partial charge in [0, 0.05) is 5.56 Å². The van der Waals surface area contributed by atoms with E-state index in [0.717, 1.165) is 29.1 Å². The summed E-state index contributed by atoms with van der Waals surface area (Å²) in [6.45, 7) is 0.405. The van der Waals surface area contributed by atoms with E-state index < -0.39 is 17.9 Å². The molecule has 0 bridgehead atoms. The maximum Gasteiger partial charge on any atom is 0.394 e. The van der Waals surface area contributed by atoms with Crippen molar-refractivity contribution in [1.29, 1.82) is 0 Å². The third-order valence-corrected chi connectivity index (χ3v) is 7.16. The highest BCUT2D eigenvalue weighted by Gasteiger charge is 2.31. The summed E-state index contributed by atoms with van der Waals surface area (Å²) in [5.41, 5.74) is 1.84. The lowest BCUT2D eigenvalue weighted by molar-refractivity contribution is -0.150. The Bertz CT molecular complexity index is 779. The first-order valence-corrected chi connectivity index (χ1v) is 10.8. The van der Waals surface area contributed by atoms with Crippen LogP contribution in [0.2, 0.25) is 0 Å². The van der Waals surface area contributed by atoms with Crippen molar-refractivity contribution in [3.05, 3.63) is 65.7 Å². The molecule has 3 rings (SSSR count). The summed E-state index contributed by atoms with van der Waals surface area (Å²) in [5.74, 6) is 0.163. The number of benzene rings is 2. The van der Waals surface area contributed by atoms with E-state index in [1.54, 1.807) is 23.5 Å². The second kappa shape index (κ2) is 9.71. The number of thioether (sulfide) groups is 2. The number of carboxylic acid groups (broad SMARTS) is 1. The highest BCUT2D eigenvalue weighted by Crippen LogP contribution is 2.41. The first-order chi connectivity index (χ1) is 13.1. The standard InChI is InChI=1S/C20H21NO4S2/c22-18(19(23)24)21-17(20-26-11-6-12-27-20)15-9-4-5-10-16(15)25-13-14-7-2-1-3-8-14/h1-5,7-10,17,20H,6,11-13H2,(H,21,22)(H,23,24). The van der Waals surface area contributed by atoms with Gasteiger partial charge in [-0.05, 0) is 29.6 Å². The van der Waals surface area contributed by atoms with Crippen LogP contribution in [0.1, 0.15) is 23.6 Å². The third-order valence-electron chi connectivity index (χ3n) is 4.10. The van der Waals surface area contributed by atoms with E-state index in [1.165, 1.54) is 0 Å². The quantitative estimate of drug-likeness (QED) is 0.717. The Balaban J connectivity index is 1.84. The number of hydrogen-bond acceptors (Lipinski definition) is 5. The minimum Gasteiger partial charge on any atom is -0.489 e. The molecule has 1 atom stereocenters. The highest BCUT2D eigenvalue weighted by atomic mass is 32.2. The van der Waals surface area contributed by atoms with Crippen LogP contribution in [-0.2, 0) is 16.2 Å². The van der Waals surface area contributed by atoms with Gasteiger partial charge < -0.3 is 15.2 Å². The summed E-state index contributed by atoms with van der Waals surface area (Å²) >= 11 is 3.49. The van der Waals surface area contributed by atoms with E-state index >= 15 is 0 Å². The summed E-state index contributed by atoms with van der Waals surface area (Å²) in [6.07, 6.45) is 1.11. The van der Waals surface area contributed by atoms with Gasteiger partial charge in [-0.25, -0.2) is 4.79 Å². The van der Waals surface area contributed by atoms with Crippen LogP contribution in [-0.4, -0.2) is 33.1 Å². The number of rotatable bonds is 6. The fourth-order valence-electron chi connectivity index (χ4n) is 2.80. The molecule has 2 aromatic carbocycles. The van der Waals surface area contributed by atoms with Crippen LogP contribution in [0.25, 0.3) is 0 Å². The molecule has 142 valence electrons. The van der Waals surface area contributed by atoms with E-state index in [1.807, 2.05) is 54.6 Å². The maximum atomic E-state index is 11.9. The van der Waals surface area contributed by atoms with Crippen LogP contribution < -0.4 is 10.1 Å². The van der Waals surface area contributed by atoms with Gasteiger partial charge in [0.2, 0.25) is 0 Å². The number of ether oxygens (including phenoxy) is 1. The van der Waals surface area contributed by atoms with Crippen LogP contribution in [0.5, 0.6) is 5.75 Å². The maximum absolute atomic E-state index is 11.9. The Hall–Kier alpha value is -2.12. The summed E-state index contributed by atoms with van der Waals surface area (Å²) < 4.78 is 6.06. The number of carboxylic acids is 1. The summed E-state index contributed by atoms with van der Waals surface area (Å²) in [7, 11) is 0. The average molecular weight is 404 g/mol. The minimum absolute atomic E-state index is 0.0449. The van der Waals surface area contributed by atoms with Gasteiger partial charge in [0.15, 0.2) is 0 Å². The van der Waals surface area contributed by atoms with Crippen molar-refractivity contribution >= 4 is 35.4 Å². The largest absolute Gasteiger partial charge is 0.489 e. The number of aliphatic carboxylic acids is 1. The van der Waals surface area contributed by atoms with E-state index in [4.69, 9.17) is 9.84 Å². The molecule has 0 radical (unpaired) electrons. The van der Waals surface area contributed by atoms with Crippen molar-refractivity contribution in [2.75, 3.05) is 11.5 Å². The van der Waals surface area contributed by atoms with Gasteiger partial charge in [0.25, 0.3) is 0 Å². The molecule has 0 spiro atoms. The molecule has 1 amide bonds. The molecule has 2 aromatic rings. The number of para-hydroxylation sites is 1. The number of carbonyl (C=O) groups excluding carboxylic acids is 1. The van der Waals surface area contributed by atoms with Gasteiger partial charge in [0.05, 0.1) is 10.6 Å². The SMILES string of the molecule is O=C(O)C(=O)NC(c1ccccc1OCc1ccccc1)C1SCCCS1. The van der Waals surface area contributed by atoms with Crippen LogP contribution >= 0.6 is 23.5 Å². The Morgan fingerprint density at radius 1 is 1.07 bits per heavy atom. The Morgan fingerprint density at radius 3 is 2.44 bits per heavy atom. The molecule has 5 nitrogen and oxygen atoms in total. The minimum atomic E-state index is -1.48. The average Bonchev–Trinajstić information content (AvgIpc) is 2.72. The summed E-state index contributed by atoms with van der Waals surface area (Å²) in [4.78, 5) is 23.0. The number of carbonyl (C=O) groups is 2. The molecular formula is C20H21NO4S2. The number of nitrogens with one attached hydrogen (secondary N) is 1. The van der Waals surface area contributed by atoms with Gasteiger partial charge in [-0.1, -0.05) is 48.5 Å². The molecule has 1 saturated heterocycles. The lowest BCUT2D eigenvalue weighted by Crippen LogP contribution is -2.39. The smallest absolute Gasteiger partial charge is 0.394 e. The van der Waals surface area contributed by atoms with Crippen molar-refractivity contribution in [3.8, 4) is 5.75 Å². The van der Waals surface area contributed by atoms with Crippen LogP contribution in [0.3, 0.4) is 0 Å². The lowest BCUT2D eigenvalue weighted by atomic mass is 10.1. The zero-order chi connectivity index (χ0) is 19.1. The molecule has 27 heavy (non-hydrogen) atoms. The van der Waals surface area contributed by atoms with Crippen molar-refractivity contribution in [1.82, 2.24) is 5.32 Å². The van der Waals surface area contributed by atoms with Crippen molar-refractivity contribution < 1.29 is 19.4 Å². The van der Waals surface area contributed by atoms with Crippen molar-refractivity contribution in [3.63, 3.8) is 0 Å². The zero-order valence-corrected chi connectivity index (χ0v) is 16.3. The first kappa shape index (κ1) is 19.6. The fraction of sp³-hybridized carbons (Fsp3) is 0.300. The molecule has 0 aliphatic carbocycles. The normalized spacial score (nSPS) is 15.7. The molecule has 7 heteroatoms. The molecule has 0 saturated carbocycles. The van der Waals surface area contributed by atoms with E-state index in [9.17, 15) is 9.59 Å². The van der Waals surface area contributed by atoms with Crippen molar-refractivity contribution in [2.45, 2.75) is 23.7 Å². The monoisotopic (exact) mass is 403 g/mol. The molecule has 1 heterocycles. The van der Waals surface area contributed by atoms with Gasteiger partial charge in [0.1, 0.15) is 12.4 Å². The Kier molecular flexibility index (Phi) is 7.06. The third kappa shape index (κ3) is 5.43. The highest BCUT2D eigenvalue weighted by molar-refractivity contribution is 8.17. The van der Waals surface area contributed by atoms with Crippen LogP contribution in [0.4, 0.5) is 0 Å². The molecule has 1 aliphatic heterocycles. The lowest BCUT2D eigenvalue weighted by Gasteiger charge is -2.31. The van der Waals surface area contributed by atoms with Crippen LogP contribution in [0.15, 0.2) is 54.6 Å². The van der Waals surface area contributed by atoms with Crippen LogP contribution in [0, 0.1) is 0 Å². The van der Waals surface area contributed by atoms with E-state index in [0.29, 0.717) is 12.4 Å². The van der Waals surface area contributed by atoms with E-state index in [2.05, 4.69) is 5.32 Å². The van der Waals surface area contributed by atoms with E-state index in [-0.39, 0.29) is 4.58 Å². The number of hydrogen-bond donors (Lipinski definition) is 2. The summed E-state index contributed by atoms with van der Waals surface area (Å²) in [5, 5.41) is 11.7. The van der Waals surface area contributed by atoms with Gasteiger partial charge in [-0.15, -0.1) is 23.5 Å². The zero-order valence-electron chi connectivity index (χ0n) is 14.7. The van der Waals surface area contributed by atoms with Gasteiger partial charge in [-0.2, -0.15) is 0 Å². The first-order valence-electron chi connectivity index (χ1n) is 8.68. The molecular weight excluding hydrogens is 382 g/mol. The summed E-state index contributed by atoms with van der Waals surface area (Å²) in [6, 6.07) is 16.9. The fourth-order valence-corrected chi connectivity index (χ4v) is 5.84. The molecule has 1 unspecified atom stereocenters. The molecule has 0 aromatic heterocycles. The van der Waals surface area contributed by atoms with Gasteiger partial charge >= 0.3 is 11.9 Å². The predicted molar refractivity (Wildman–Crippen MR) is 109 cm³/mol. The Labute approximate surface area is 166 Å².